The largest absolute Gasteiger partial charge is 0.497 e. The zero-order valence-corrected chi connectivity index (χ0v) is 28.6. The number of aromatic nitrogens is 1. The Hall–Kier alpha value is -4.63. The average molecular weight is 661 g/mol. The lowest BCUT2D eigenvalue weighted by Gasteiger charge is -2.27. The Morgan fingerprint density at radius 3 is 2.51 bits per heavy atom. The zero-order valence-electron chi connectivity index (χ0n) is 28.6. The number of benzene rings is 3. The second-order valence-corrected chi connectivity index (χ2v) is 14.3. The van der Waals surface area contributed by atoms with E-state index in [0.717, 1.165) is 39.5 Å². The van der Waals surface area contributed by atoms with Crippen LogP contribution in [0.15, 0.2) is 59.6 Å². The molecule has 4 aliphatic rings. The number of methoxy groups -OCH3 is 1. The van der Waals surface area contributed by atoms with Gasteiger partial charge in [-0.25, -0.2) is 0 Å². The third kappa shape index (κ3) is 5.78. The Morgan fingerprint density at radius 1 is 0.918 bits per heavy atom. The summed E-state index contributed by atoms with van der Waals surface area (Å²) in [6, 6.07) is 18.0. The van der Waals surface area contributed by atoms with Crippen molar-refractivity contribution < 1.29 is 23.8 Å². The molecule has 9 nitrogen and oxygen atoms in total. The number of rotatable bonds is 6. The smallest absolute Gasteiger partial charge is 0.254 e. The van der Waals surface area contributed by atoms with Gasteiger partial charge in [0.15, 0.2) is 0 Å². The topological polar surface area (TPSA) is 94.4 Å². The predicted molar refractivity (Wildman–Crippen MR) is 191 cm³/mol. The van der Waals surface area contributed by atoms with E-state index in [-0.39, 0.29) is 11.8 Å². The van der Waals surface area contributed by atoms with Gasteiger partial charge in [-0.05, 0) is 86.2 Å². The maximum atomic E-state index is 14.0. The van der Waals surface area contributed by atoms with E-state index in [1.165, 1.54) is 48.7 Å². The van der Waals surface area contributed by atoms with Gasteiger partial charge in [0.25, 0.3) is 11.8 Å². The number of aliphatic imine (C=N–C) groups is 1. The monoisotopic (exact) mass is 660 g/mol. The molecule has 1 saturated heterocycles. The maximum Gasteiger partial charge on any atom is 0.254 e. The summed E-state index contributed by atoms with van der Waals surface area (Å²) in [6.45, 7) is 7.57. The van der Waals surface area contributed by atoms with E-state index in [1.807, 2.05) is 55.1 Å². The number of nitrogens with zero attached hydrogens (tertiary/aromatic N) is 3. The van der Waals surface area contributed by atoms with E-state index in [9.17, 15) is 9.59 Å². The number of carbonyl (C=O) groups is 2. The Kier molecular flexibility index (Phi) is 8.18. The van der Waals surface area contributed by atoms with Crippen LogP contribution in [0.1, 0.15) is 83.7 Å². The summed E-state index contributed by atoms with van der Waals surface area (Å²) in [5.41, 5.74) is 8.04. The Balaban J connectivity index is 1.08. The minimum Gasteiger partial charge on any atom is -0.497 e. The quantitative estimate of drug-likeness (QED) is 0.239. The van der Waals surface area contributed by atoms with Crippen LogP contribution in [0.3, 0.4) is 0 Å². The van der Waals surface area contributed by atoms with E-state index >= 15 is 0 Å². The van der Waals surface area contributed by atoms with E-state index in [4.69, 9.17) is 19.2 Å². The summed E-state index contributed by atoms with van der Waals surface area (Å²) in [4.78, 5) is 33.9. The van der Waals surface area contributed by atoms with Gasteiger partial charge in [-0.3, -0.25) is 14.6 Å². The molecule has 2 fully saturated rings. The Morgan fingerprint density at radius 2 is 1.71 bits per heavy atom. The summed E-state index contributed by atoms with van der Waals surface area (Å²) in [6.07, 6.45) is 6.66. The SMILES string of the molecule is COc1ccc2c(c1)OCCn1c-2c(C2CCCCC2)c2ccc(C(=O)NC(C)(C)C3=Nc4ccc(C(=O)N5CCOCC5)cc4C3)cc21. The molecule has 3 aliphatic heterocycles. The molecule has 254 valence electrons. The molecule has 0 unspecified atom stereocenters. The average Bonchev–Trinajstić information content (AvgIpc) is 3.65. The molecule has 1 saturated carbocycles. The van der Waals surface area contributed by atoms with Crippen LogP contribution in [0.25, 0.3) is 22.2 Å². The maximum absolute atomic E-state index is 14.0. The highest BCUT2D eigenvalue weighted by Crippen LogP contribution is 2.48. The van der Waals surface area contributed by atoms with Gasteiger partial charge in [0.2, 0.25) is 0 Å². The van der Waals surface area contributed by atoms with Crippen molar-refractivity contribution in [3.8, 4) is 22.8 Å². The van der Waals surface area contributed by atoms with Crippen LogP contribution in [-0.4, -0.2) is 72.6 Å². The van der Waals surface area contributed by atoms with Crippen molar-refractivity contribution in [2.75, 3.05) is 40.0 Å². The van der Waals surface area contributed by atoms with Crippen molar-refractivity contribution in [3.63, 3.8) is 0 Å². The molecule has 9 heteroatoms. The van der Waals surface area contributed by atoms with E-state index < -0.39 is 5.54 Å². The second kappa shape index (κ2) is 12.7. The fraction of sp³-hybridized carbons (Fsp3) is 0.425. The van der Waals surface area contributed by atoms with Gasteiger partial charge < -0.3 is 29.0 Å². The van der Waals surface area contributed by atoms with Gasteiger partial charge in [0.1, 0.15) is 18.1 Å². The van der Waals surface area contributed by atoms with Crippen LogP contribution < -0.4 is 14.8 Å². The molecule has 8 rings (SSSR count). The molecule has 1 aliphatic carbocycles. The van der Waals surface area contributed by atoms with Crippen LogP contribution >= 0.6 is 0 Å². The number of fused-ring (bicyclic) bond motifs is 6. The number of hydrogen-bond donors (Lipinski definition) is 1. The van der Waals surface area contributed by atoms with Crippen LogP contribution in [0.5, 0.6) is 11.5 Å². The van der Waals surface area contributed by atoms with Gasteiger partial charge in [-0.15, -0.1) is 0 Å². The summed E-state index contributed by atoms with van der Waals surface area (Å²) >= 11 is 0. The molecule has 0 atom stereocenters. The molecular formula is C40H44N4O5. The lowest BCUT2D eigenvalue weighted by molar-refractivity contribution is 0.0303. The van der Waals surface area contributed by atoms with Crippen molar-refractivity contribution in [2.24, 2.45) is 4.99 Å². The molecule has 0 bridgehead atoms. The van der Waals surface area contributed by atoms with Crippen LogP contribution in [-0.2, 0) is 17.7 Å². The normalized spacial score (nSPS) is 17.8. The highest BCUT2D eigenvalue weighted by atomic mass is 16.5. The number of nitrogens with one attached hydrogen (secondary N) is 1. The Labute approximate surface area is 287 Å². The second-order valence-electron chi connectivity index (χ2n) is 14.3. The first-order valence-corrected chi connectivity index (χ1v) is 17.7. The van der Waals surface area contributed by atoms with Crippen molar-refractivity contribution in [2.45, 2.75) is 70.4 Å². The lowest BCUT2D eigenvalue weighted by Crippen LogP contribution is -2.49. The molecular weight excluding hydrogens is 616 g/mol. The summed E-state index contributed by atoms with van der Waals surface area (Å²) in [5.74, 6) is 1.96. The number of hydrogen-bond acceptors (Lipinski definition) is 6. The molecule has 1 aromatic heterocycles. The van der Waals surface area contributed by atoms with E-state index in [0.29, 0.717) is 62.9 Å². The van der Waals surface area contributed by atoms with Gasteiger partial charge in [-0.1, -0.05) is 25.3 Å². The number of morpholine rings is 1. The molecule has 0 spiro atoms. The van der Waals surface area contributed by atoms with Gasteiger partial charge >= 0.3 is 0 Å². The molecule has 1 N–H and O–H groups in total. The van der Waals surface area contributed by atoms with Crippen LogP contribution in [0.4, 0.5) is 5.69 Å². The third-order valence-corrected chi connectivity index (χ3v) is 10.8. The summed E-state index contributed by atoms with van der Waals surface area (Å²) in [5, 5.41) is 4.51. The highest BCUT2D eigenvalue weighted by molar-refractivity contribution is 6.07. The summed E-state index contributed by atoms with van der Waals surface area (Å²) in [7, 11) is 1.68. The molecule has 49 heavy (non-hydrogen) atoms. The van der Waals surface area contributed by atoms with Crippen molar-refractivity contribution >= 4 is 34.1 Å². The summed E-state index contributed by atoms with van der Waals surface area (Å²) < 4.78 is 19.6. The molecule has 2 amide bonds. The Bertz CT molecular complexity index is 1980. The number of amides is 2. The van der Waals surface area contributed by atoms with E-state index in [1.54, 1.807) is 7.11 Å². The zero-order chi connectivity index (χ0) is 33.7. The van der Waals surface area contributed by atoms with Crippen molar-refractivity contribution in [1.29, 1.82) is 0 Å². The van der Waals surface area contributed by atoms with Crippen molar-refractivity contribution in [1.82, 2.24) is 14.8 Å². The van der Waals surface area contributed by atoms with Gasteiger partial charge in [-0.2, -0.15) is 0 Å². The fourth-order valence-corrected chi connectivity index (χ4v) is 8.11. The molecule has 0 radical (unpaired) electrons. The third-order valence-electron chi connectivity index (χ3n) is 10.8. The van der Waals surface area contributed by atoms with Crippen LogP contribution in [0, 0.1) is 0 Å². The van der Waals surface area contributed by atoms with Crippen LogP contribution in [0.2, 0.25) is 0 Å². The first-order valence-electron chi connectivity index (χ1n) is 17.7. The molecule has 4 heterocycles. The molecule has 4 aromatic rings. The fourth-order valence-electron chi connectivity index (χ4n) is 8.11. The first kappa shape index (κ1) is 31.6. The van der Waals surface area contributed by atoms with Gasteiger partial charge in [0.05, 0.1) is 43.8 Å². The first-order chi connectivity index (χ1) is 23.8. The molecule has 3 aromatic carbocycles. The number of ether oxygens (including phenoxy) is 3. The predicted octanol–water partition coefficient (Wildman–Crippen LogP) is 7.07. The van der Waals surface area contributed by atoms with E-state index in [2.05, 4.69) is 28.1 Å². The number of carbonyl (C=O) groups excluding carboxylic acids is 2. The highest BCUT2D eigenvalue weighted by Gasteiger charge is 2.33. The lowest BCUT2D eigenvalue weighted by atomic mass is 9.81. The standard InChI is InChI=1S/C40H44N4O5/c1-40(2,35-23-28-21-27(10-14-32(28)41-35)39(46)43-15-18-48-19-16-43)42-38(45)26-9-12-30-33(22-26)44-17-20-49-34-24-29(47-3)11-13-31(34)37(44)36(30)25-7-5-4-6-8-25/h9-14,21-22,24-25H,4-8,15-20,23H2,1-3H3,(H,42,45). The minimum atomic E-state index is -0.700. The minimum absolute atomic E-state index is 0.0206. The van der Waals surface area contributed by atoms with Crippen molar-refractivity contribution in [3.05, 3.63) is 76.9 Å². The van der Waals surface area contributed by atoms with Gasteiger partial charge in [0, 0.05) is 58.9 Å².